The molecule has 0 saturated heterocycles. The van der Waals surface area contributed by atoms with Crippen LogP contribution in [0.25, 0.3) is 0 Å². The van der Waals surface area contributed by atoms with Gasteiger partial charge in [-0.15, -0.1) is 0 Å². The monoisotopic (exact) mass is 556 g/mol. The number of amides is 1. The zero-order chi connectivity index (χ0) is 27.2. The number of nitrogens with one attached hydrogen (secondary N) is 1. The quantitative estimate of drug-likeness (QED) is 0.349. The maximum Gasteiger partial charge on any atom is 0.417 e. The van der Waals surface area contributed by atoms with Crippen molar-refractivity contribution in [2.24, 2.45) is 0 Å². The standard InChI is InChI=1S/C25H24ClF3N2O5S/c1-35-20-4-3-5-21(15-20)36-13-12-30-24(32)18-8-6-17(7-9-18)16-31(37(2,33)34)19-10-11-23(26)22(14-19)25(27,28)29/h3-11,14-15H,12-13,16H2,1-2H3,(H,30,32). The van der Waals surface area contributed by atoms with Crippen LogP contribution in [0, 0.1) is 0 Å². The van der Waals surface area contributed by atoms with Crippen LogP contribution in [0.4, 0.5) is 18.9 Å². The number of carbonyl (C=O) groups is 1. The summed E-state index contributed by atoms with van der Waals surface area (Å²) >= 11 is 5.66. The Morgan fingerprint density at radius 3 is 2.32 bits per heavy atom. The molecule has 0 bridgehead atoms. The Morgan fingerprint density at radius 2 is 1.70 bits per heavy atom. The van der Waals surface area contributed by atoms with E-state index in [0.717, 1.165) is 16.6 Å². The van der Waals surface area contributed by atoms with Gasteiger partial charge in [-0.1, -0.05) is 29.8 Å². The average Bonchev–Trinajstić information content (AvgIpc) is 2.84. The lowest BCUT2D eigenvalue weighted by molar-refractivity contribution is -0.137. The van der Waals surface area contributed by atoms with Crippen LogP contribution in [0.15, 0.2) is 66.7 Å². The fraction of sp³-hybridized carbons (Fsp3) is 0.240. The number of hydrogen-bond acceptors (Lipinski definition) is 5. The molecule has 0 aromatic heterocycles. The molecule has 0 unspecified atom stereocenters. The molecule has 1 amide bonds. The Hall–Kier alpha value is -3.44. The van der Waals surface area contributed by atoms with E-state index in [9.17, 15) is 26.4 Å². The molecule has 37 heavy (non-hydrogen) atoms. The molecule has 0 saturated carbocycles. The highest BCUT2D eigenvalue weighted by molar-refractivity contribution is 7.92. The zero-order valence-electron chi connectivity index (χ0n) is 19.9. The number of methoxy groups -OCH3 is 1. The highest BCUT2D eigenvalue weighted by Crippen LogP contribution is 2.37. The Morgan fingerprint density at radius 1 is 1.03 bits per heavy atom. The van der Waals surface area contributed by atoms with E-state index in [1.165, 1.54) is 30.3 Å². The van der Waals surface area contributed by atoms with Gasteiger partial charge in [0, 0.05) is 11.6 Å². The van der Waals surface area contributed by atoms with Gasteiger partial charge in [-0.3, -0.25) is 9.10 Å². The Kier molecular flexibility index (Phi) is 8.93. The van der Waals surface area contributed by atoms with Crippen molar-refractivity contribution in [3.05, 3.63) is 88.4 Å². The molecule has 0 atom stereocenters. The third-order valence-electron chi connectivity index (χ3n) is 5.18. The lowest BCUT2D eigenvalue weighted by Crippen LogP contribution is -2.30. The van der Waals surface area contributed by atoms with E-state index in [1.807, 2.05) is 0 Å². The number of sulfonamides is 1. The summed E-state index contributed by atoms with van der Waals surface area (Å²) in [5.74, 6) is 0.873. The van der Waals surface area contributed by atoms with Crippen LogP contribution >= 0.6 is 11.6 Å². The SMILES string of the molecule is COc1cccc(OCCNC(=O)c2ccc(CN(c3ccc(Cl)c(C(F)(F)F)c3)S(C)(=O)=O)cc2)c1. The summed E-state index contributed by atoms with van der Waals surface area (Å²) in [4.78, 5) is 12.4. The number of carbonyl (C=O) groups excluding carboxylic acids is 1. The molecule has 0 aliphatic rings. The first-order chi connectivity index (χ1) is 17.4. The molecule has 0 heterocycles. The summed E-state index contributed by atoms with van der Waals surface area (Å²) in [7, 11) is -2.39. The number of halogens is 4. The van der Waals surface area contributed by atoms with Gasteiger partial charge in [-0.05, 0) is 48.0 Å². The topological polar surface area (TPSA) is 84.9 Å². The van der Waals surface area contributed by atoms with E-state index in [-0.39, 0.29) is 31.3 Å². The van der Waals surface area contributed by atoms with E-state index < -0.39 is 26.8 Å². The summed E-state index contributed by atoms with van der Waals surface area (Å²) in [6, 6.07) is 16.0. The molecule has 7 nitrogen and oxygen atoms in total. The average molecular weight is 557 g/mol. The van der Waals surface area contributed by atoms with E-state index in [0.29, 0.717) is 28.7 Å². The largest absolute Gasteiger partial charge is 0.497 e. The van der Waals surface area contributed by atoms with Gasteiger partial charge in [0.15, 0.2) is 0 Å². The zero-order valence-corrected chi connectivity index (χ0v) is 21.5. The predicted octanol–water partition coefficient (Wildman–Crippen LogP) is 5.14. The fourth-order valence-electron chi connectivity index (χ4n) is 3.34. The minimum Gasteiger partial charge on any atom is -0.497 e. The van der Waals surface area contributed by atoms with Gasteiger partial charge < -0.3 is 14.8 Å². The summed E-state index contributed by atoms with van der Waals surface area (Å²) in [6.07, 6.45) is -3.85. The minimum atomic E-state index is -4.75. The Bertz CT molecular complexity index is 1350. The highest BCUT2D eigenvalue weighted by atomic mass is 35.5. The third-order valence-corrected chi connectivity index (χ3v) is 6.65. The molecular weight excluding hydrogens is 533 g/mol. The van der Waals surface area contributed by atoms with Crippen molar-refractivity contribution < 1.29 is 35.9 Å². The number of benzene rings is 3. The smallest absolute Gasteiger partial charge is 0.417 e. The molecule has 3 aromatic rings. The number of rotatable bonds is 10. The molecule has 0 aliphatic heterocycles. The lowest BCUT2D eigenvalue weighted by atomic mass is 10.1. The molecule has 0 spiro atoms. The molecule has 0 aliphatic carbocycles. The number of alkyl halides is 3. The number of ether oxygens (including phenoxy) is 2. The van der Waals surface area contributed by atoms with Crippen molar-refractivity contribution in [2.75, 3.05) is 30.8 Å². The summed E-state index contributed by atoms with van der Waals surface area (Å²) in [6.45, 7) is 0.215. The predicted molar refractivity (Wildman–Crippen MR) is 135 cm³/mol. The lowest BCUT2D eigenvalue weighted by Gasteiger charge is -2.24. The van der Waals surface area contributed by atoms with Crippen molar-refractivity contribution in [1.82, 2.24) is 5.32 Å². The first-order valence-corrected chi connectivity index (χ1v) is 13.1. The van der Waals surface area contributed by atoms with Gasteiger partial charge in [-0.2, -0.15) is 13.2 Å². The molecule has 0 radical (unpaired) electrons. The first-order valence-electron chi connectivity index (χ1n) is 10.9. The van der Waals surface area contributed by atoms with Crippen LogP contribution in [0.2, 0.25) is 5.02 Å². The van der Waals surface area contributed by atoms with Crippen LogP contribution in [0.3, 0.4) is 0 Å². The minimum absolute atomic E-state index is 0.183. The van der Waals surface area contributed by atoms with Gasteiger partial charge >= 0.3 is 6.18 Å². The van der Waals surface area contributed by atoms with Crippen LogP contribution < -0.4 is 19.1 Å². The second-order valence-electron chi connectivity index (χ2n) is 7.91. The molecule has 12 heteroatoms. The molecule has 0 fully saturated rings. The van der Waals surface area contributed by atoms with Gasteiger partial charge in [0.2, 0.25) is 10.0 Å². The van der Waals surface area contributed by atoms with E-state index in [4.69, 9.17) is 21.1 Å². The summed E-state index contributed by atoms with van der Waals surface area (Å²) < 4.78 is 76.1. The first kappa shape index (κ1) is 28.1. The fourth-order valence-corrected chi connectivity index (χ4v) is 4.44. The van der Waals surface area contributed by atoms with Gasteiger partial charge in [0.25, 0.3) is 5.91 Å². The Labute approximate surface area is 217 Å². The number of nitrogens with zero attached hydrogens (tertiary/aromatic N) is 1. The van der Waals surface area contributed by atoms with Crippen molar-refractivity contribution >= 4 is 33.2 Å². The van der Waals surface area contributed by atoms with E-state index in [1.54, 1.807) is 31.4 Å². The maximum absolute atomic E-state index is 13.3. The van der Waals surface area contributed by atoms with Crippen molar-refractivity contribution in [2.45, 2.75) is 12.7 Å². The van der Waals surface area contributed by atoms with Crippen molar-refractivity contribution in [3.8, 4) is 11.5 Å². The highest BCUT2D eigenvalue weighted by Gasteiger charge is 2.34. The molecule has 3 aromatic carbocycles. The Balaban J connectivity index is 1.64. The van der Waals surface area contributed by atoms with E-state index >= 15 is 0 Å². The number of hydrogen-bond donors (Lipinski definition) is 1. The van der Waals surface area contributed by atoms with Crippen LogP contribution in [-0.2, 0) is 22.7 Å². The van der Waals surface area contributed by atoms with Crippen molar-refractivity contribution in [3.63, 3.8) is 0 Å². The normalized spacial score (nSPS) is 11.6. The summed E-state index contributed by atoms with van der Waals surface area (Å²) in [5.41, 5.74) is -0.534. The maximum atomic E-state index is 13.3. The van der Waals surface area contributed by atoms with Gasteiger partial charge in [-0.25, -0.2) is 8.42 Å². The van der Waals surface area contributed by atoms with Crippen LogP contribution in [0.1, 0.15) is 21.5 Å². The van der Waals surface area contributed by atoms with Crippen molar-refractivity contribution in [1.29, 1.82) is 0 Å². The molecule has 3 rings (SSSR count). The molecule has 1 N–H and O–H groups in total. The van der Waals surface area contributed by atoms with Gasteiger partial charge in [0.1, 0.15) is 18.1 Å². The van der Waals surface area contributed by atoms with Crippen LogP contribution in [-0.4, -0.2) is 40.8 Å². The summed E-state index contributed by atoms with van der Waals surface area (Å²) in [5, 5.41) is 2.18. The number of anilines is 1. The third kappa shape index (κ3) is 7.77. The second-order valence-corrected chi connectivity index (χ2v) is 10.2. The second kappa shape index (κ2) is 11.7. The van der Waals surface area contributed by atoms with E-state index in [2.05, 4.69) is 5.32 Å². The molecular formula is C25H24ClF3N2O5S. The van der Waals surface area contributed by atoms with Crippen LogP contribution in [0.5, 0.6) is 11.5 Å². The van der Waals surface area contributed by atoms with Gasteiger partial charge in [0.05, 0.1) is 42.7 Å². The molecule has 198 valence electrons.